The van der Waals surface area contributed by atoms with Gasteiger partial charge < -0.3 is 20.5 Å². The number of hydrogen-bond acceptors (Lipinski definition) is 5. The first kappa shape index (κ1) is 17.4. The fourth-order valence-corrected chi connectivity index (χ4v) is 2.66. The van der Waals surface area contributed by atoms with Crippen LogP contribution in [0.1, 0.15) is 18.5 Å². The van der Waals surface area contributed by atoms with Crippen LogP contribution in [0.5, 0.6) is 0 Å². The van der Waals surface area contributed by atoms with Crippen LogP contribution in [0.2, 0.25) is 0 Å². The Labute approximate surface area is 135 Å². The highest BCUT2D eigenvalue weighted by molar-refractivity contribution is 7.80. The van der Waals surface area contributed by atoms with Gasteiger partial charge in [-0.2, -0.15) is 13.2 Å². The number of esters is 1. The van der Waals surface area contributed by atoms with E-state index in [9.17, 15) is 23.1 Å². The van der Waals surface area contributed by atoms with E-state index in [1.54, 1.807) is 5.32 Å². The van der Waals surface area contributed by atoms with Crippen molar-refractivity contribution in [3.05, 3.63) is 30.1 Å². The van der Waals surface area contributed by atoms with Gasteiger partial charge in [0, 0.05) is 12.4 Å². The zero-order chi connectivity index (χ0) is 17.3. The van der Waals surface area contributed by atoms with Crippen molar-refractivity contribution < 1.29 is 27.8 Å². The Morgan fingerprint density at radius 2 is 2.26 bits per heavy atom. The third-order valence-electron chi connectivity index (χ3n) is 3.39. The molecule has 0 aromatic carbocycles. The number of carbonyl (C=O) groups excluding carboxylic acids is 1. The Morgan fingerprint density at radius 3 is 2.78 bits per heavy atom. The Hall–Kier alpha value is -1.94. The van der Waals surface area contributed by atoms with Crippen LogP contribution in [-0.2, 0) is 9.53 Å². The van der Waals surface area contributed by atoms with E-state index >= 15 is 0 Å². The predicted molar refractivity (Wildman–Crippen MR) is 77.0 cm³/mol. The highest BCUT2D eigenvalue weighted by atomic mass is 32.1. The summed E-state index contributed by atoms with van der Waals surface area (Å²) in [5.41, 5.74) is -3.29. The largest absolute Gasteiger partial charge is 0.466 e. The molecule has 0 amide bonds. The Kier molecular flexibility index (Phi) is 4.76. The van der Waals surface area contributed by atoms with Crippen LogP contribution >= 0.6 is 12.2 Å². The number of aromatic nitrogens is 1. The molecule has 0 unspecified atom stereocenters. The first-order valence-corrected chi connectivity index (χ1v) is 7.06. The fourth-order valence-electron chi connectivity index (χ4n) is 2.37. The van der Waals surface area contributed by atoms with Gasteiger partial charge in [0.25, 0.3) is 5.72 Å². The van der Waals surface area contributed by atoms with Gasteiger partial charge in [0.2, 0.25) is 0 Å². The maximum absolute atomic E-state index is 13.4. The summed E-state index contributed by atoms with van der Waals surface area (Å²) in [5, 5.41) is 14.1. The van der Waals surface area contributed by atoms with Crippen molar-refractivity contribution in [1.29, 1.82) is 0 Å². The molecular formula is C13H14F3N3O3S. The van der Waals surface area contributed by atoms with Crippen molar-refractivity contribution in [2.75, 3.05) is 6.61 Å². The van der Waals surface area contributed by atoms with Gasteiger partial charge in [-0.3, -0.25) is 9.78 Å². The molecular weight excluding hydrogens is 335 g/mol. The molecule has 0 spiro atoms. The van der Waals surface area contributed by atoms with Crippen molar-refractivity contribution in [2.45, 2.75) is 24.9 Å². The SMILES string of the molecule is CCOC(=O)[C@H]1[C@@H](c2cccnc2)NC(=S)N[C@@]1(O)C(F)(F)F. The number of pyridine rings is 1. The standard InChI is InChI=1S/C13H14F3N3O3S/c1-2-22-10(20)8-9(7-4-3-5-17-6-7)18-11(23)19-12(8,21)13(14,15)16/h3-6,8-9,21H,2H2,1H3,(H2,18,19,23)/t8-,9-,12+/m1/s1. The van der Waals surface area contributed by atoms with Gasteiger partial charge in [0.05, 0.1) is 12.6 Å². The number of aliphatic hydroxyl groups is 1. The molecule has 0 bridgehead atoms. The number of hydrogen-bond donors (Lipinski definition) is 3. The molecule has 2 rings (SSSR count). The number of nitrogens with zero attached hydrogens (tertiary/aromatic N) is 1. The van der Waals surface area contributed by atoms with Gasteiger partial charge in [-0.05, 0) is 30.8 Å². The maximum Gasteiger partial charge on any atom is 0.437 e. The number of nitrogens with one attached hydrogen (secondary N) is 2. The number of thiocarbonyl (C=S) groups is 1. The lowest BCUT2D eigenvalue weighted by molar-refractivity contribution is -0.292. The van der Waals surface area contributed by atoms with E-state index in [1.807, 2.05) is 0 Å². The molecule has 1 saturated heterocycles. The predicted octanol–water partition coefficient (Wildman–Crippen LogP) is 1.03. The smallest absolute Gasteiger partial charge is 0.437 e. The number of rotatable bonds is 3. The number of alkyl halides is 3. The normalized spacial score (nSPS) is 27.8. The molecule has 2 heterocycles. The Balaban J connectivity index is 2.54. The van der Waals surface area contributed by atoms with E-state index in [0.29, 0.717) is 0 Å². The molecule has 23 heavy (non-hydrogen) atoms. The molecule has 3 atom stereocenters. The molecule has 0 aliphatic carbocycles. The lowest BCUT2D eigenvalue weighted by Crippen LogP contribution is -2.73. The molecule has 1 aliphatic heterocycles. The lowest BCUT2D eigenvalue weighted by Gasteiger charge is -2.45. The summed E-state index contributed by atoms with van der Waals surface area (Å²) in [6.45, 7) is 1.32. The highest BCUT2D eigenvalue weighted by Crippen LogP contribution is 2.42. The van der Waals surface area contributed by atoms with Crippen LogP contribution in [0.3, 0.4) is 0 Å². The quantitative estimate of drug-likeness (QED) is 0.555. The third kappa shape index (κ3) is 3.22. The van der Waals surface area contributed by atoms with Crippen LogP contribution in [-0.4, -0.2) is 39.7 Å². The van der Waals surface area contributed by atoms with E-state index < -0.39 is 34.9 Å². The minimum Gasteiger partial charge on any atom is -0.466 e. The van der Waals surface area contributed by atoms with E-state index in [0.717, 1.165) is 0 Å². The minimum atomic E-state index is -5.16. The zero-order valence-corrected chi connectivity index (χ0v) is 12.7. The van der Waals surface area contributed by atoms with Gasteiger partial charge in [-0.25, -0.2) is 0 Å². The monoisotopic (exact) mass is 349 g/mol. The molecule has 1 aliphatic rings. The van der Waals surface area contributed by atoms with E-state index in [1.165, 1.54) is 31.5 Å². The van der Waals surface area contributed by atoms with E-state index in [-0.39, 0.29) is 12.2 Å². The minimum absolute atomic E-state index is 0.131. The van der Waals surface area contributed by atoms with Crippen LogP contribution in [0.25, 0.3) is 0 Å². The first-order chi connectivity index (χ1) is 10.7. The average Bonchev–Trinajstić information content (AvgIpc) is 2.46. The van der Waals surface area contributed by atoms with Crippen molar-refractivity contribution in [1.82, 2.24) is 15.6 Å². The number of carbonyl (C=O) groups is 1. The Bertz CT molecular complexity index is 599. The first-order valence-electron chi connectivity index (χ1n) is 6.65. The van der Waals surface area contributed by atoms with Crippen LogP contribution in [0.15, 0.2) is 24.5 Å². The summed E-state index contributed by atoms with van der Waals surface area (Å²) >= 11 is 4.75. The highest BCUT2D eigenvalue weighted by Gasteiger charge is 2.66. The van der Waals surface area contributed by atoms with Gasteiger partial charge in [0.15, 0.2) is 5.11 Å². The van der Waals surface area contributed by atoms with E-state index in [2.05, 4.69) is 10.3 Å². The molecule has 3 N–H and O–H groups in total. The van der Waals surface area contributed by atoms with E-state index in [4.69, 9.17) is 17.0 Å². The molecule has 1 aromatic heterocycles. The second-order valence-electron chi connectivity index (χ2n) is 4.86. The lowest BCUT2D eigenvalue weighted by atomic mass is 9.82. The average molecular weight is 349 g/mol. The van der Waals surface area contributed by atoms with Crippen LogP contribution in [0, 0.1) is 5.92 Å². The van der Waals surface area contributed by atoms with Crippen LogP contribution in [0.4, 0.5) is 13.2 Å². The summed E-state index contributed by atoms with van der Waals surface area (Å²) in [6, 6.07) is 1.72. The topological polar surface area (TPSA) is 83.5 Å². The summed E-state index contributed by atoms with van der Waals surface area (Å²) in [4.78, 5) is 15.9. The number of ether oxygens (including phenoxy) is 1. The molecule has 0 radical (unpaired) electrons. The summed E-state index contributed by atoms with van der Waals surface area (Å²) < 4.78 is 45.0. The molecule has 126 valence electrons. The summed E-state index contributed by atoms with van der Waals surface area (Å²) in [6.07, 6.45) is -2.44. The molecule has 1 fully saturated rings. The maximum atomic E-state index is 13.4. The molecule has 10 heteroatoms. The molecule has 6 nitrogen and oxygen atoms in total. The summed E-state index contributed by atoms with van der Waals surface area (Å²) in [5.74, 6) is -3.21. The van der Waals surface area contributed by atoms with Gasteiger partial charge >= 0.3 is 12.1 Å². The number of halogens is 3. The van der Waals surface area contributed by atoms with Crippen molar-refractivity contribution in [3.8, 4) is 0 Å². The van der Waals surface area contributed by atoms with Crippen LogP contribution < -0.4 is 10.6 Å². The van der Waals surface area contributed by atoms with Gasteiger partial charge in [0.1, 0.15) is 5.92 Å². The van der Waals surface area contributed by atoms with Crippen molar-refractivity contribution in [3.63, 3.8) is 0 Å². The zero-order valence-electron chi connectivity index (χ0n) is 11.9. The van der Waals surface area contributed by atoms with Crippen molar-refractivity contribution in [2.24, 2.45) is 5.92 Å². The van der Waals surface area contributed by atoms with Gasteiger partial charge in [-0.1, -0.05) is 6.07 Å². The van der Waals surface area contributed by atoms with Crippen molar-refractivity contribution >= 4 is 23.3 Å². The second-order valence-corrected chi connectivity index (χ2v) is 5.26. The molecule has 1 aromatic rings. The molecule has 0 saturated carbocycles. The fraction of sp³-hybridized carbons (Fsp3) is 0.462. The Morgan fingerprint density at radius 1 is 1.57 bits per heavy atom. The second kappa shape index (κ2) is 6.28. The van der Waals surface area contributed by atoms with Gasteiger partial charge in [-0.15, -0.1) is 0 Å². The third-order valence-corrected chi connectivity index (χ3v) is 3.61. The summed E-state index contributed by atoms with van der Waals surface area (Å²) in [7, 11) is 0.